The van der Waals surface area contributed by atoms with Gasteiger partial charge in [-0.2, -0.15) is 0 Å². The average Bonchev–Trinajstić information content (AvgIpc) is 3.46. The smallest absolute Gasteiger partial charge is 0.304 e. The fraction of sp³-hybridized carbons (Fsp3) is 0.593. The lowest BCUT2D eigenvalue weighted by molar-refractivity contribution is -0.140. The summed E-state index contributed by atoms with van der Waals surface area (Å²) in [6.45, 7) is 8.47. The first kappa shape index (κ1) is 23.5. The van der Waals surface area contributed by atoms with Crippen molar-refractivity contribution in [1.29, 1.82) is 0 Å². The Morgan fingerprint density at radius 3 is 2.52 bits per heavy atom. The van der Waals surface area contributed by atoms with Crippen LogP contribution < -0.4 is 5.32 Å². The third-order valence-electron chi connectivity index (χ3n) is 7.10. The first-order valence-corrected chi connectivity index (χ1v) is 12.3. The zero-order valence-electron chi connectivity index (χ0n) is 20.2. The maximum Gasteiger partial charge on any atom is 0.304 e. The molecule has 4 rings (SSSR count). The summed E-state index contributed by atoms with van der Waals surface area (Å²) in [6, 6.07) is 5.81. The number of nitrogens with zero attached hydrogens (tertiary/aromatic N) is 1. The Kier molecular flexibility index (Phi) is 6.91. The molecule has 1 heterocycles. The van der Waals surface area contributed by atoms with Gasteiger partial charge in [0.05, 0.1) is 18.0 Å². The van der Waals surface area contributed by atoms with E-state index in [1.54, 1.807) is 0 Å². The first-order valence-electron chi connectivity index (χ1n) is 12.3. The van der Waals surface area contributed by atoms with Gasteiger partial charge < -0.3 is 14.9 Å². The predicted molar refractivity (Wildman–Crippen MR) is 127 cm³/mol. The Balaban J connectivity index is 1.50. The van der Waals surface area contributed by atoms with Gasteiger partial charge in [0.2, 0.25) is 5.91 Å². The predicted octanol–water partition coefficient (Wildman–Crippen LogP) is 5.98. The lowest BCUT2D eigenvalue weighted by Crippen LogP contribution is -2.28. The second kappa shape index (κ2) is 9.70. The van der Waals surface area contributed by atoms with Crippen molar-refractivity contribution in [1.82, 2.24) is 5.16 Å². The molecule has 33 heavy (non-hydrogen) atoms. The summed E-state index contributed by atoms with van der Waals surface area (Å²) >= 11 is 0. The van der Waals surface area contributed by atoms with E-state index in [4.69, 9.17) is 4.52 Å². The van der Waals surface area contributed by atoms with Gasteiger partial charge in [0, 0.05) is 23.6 Å². The third-order valence-corrected chi connectivity index (χ3v) is 7.10. The van der Waals surface area contributed by atoms with Gasteiger partial charge in [-0.25, -0.2) is 0 Å². The normalized spacial score (nSPS) is 21.0. The molecule has 0 spiro atoms. The highest BCUT2D eigenvalue weighted by Gasteiger charge is 2.41. The third kappa shape index (κ3) is 5.66. The van der Waals surface area contributed by atoms with Crippen LogP contribution in [-0.4, -0.2) is 22.1 Å². The van der Waals surface area contributed by atoms with Gasteiger partial charge in [-0.3, -0.25) is 9.59 Å². The highest BCUT2D eigenvalue weighted by molar-refractivity contribution is 5.95. The lowest BCUT2D eigenvalue weighted by Gasteiger charge is -2.35. The van der Waals surface area contributed by atoms with Crippen LogP contribution in [0.4, 0.5) is 5.69 Å². The molecule has 1 aromatic heterocycles. The molecule has 2 aliphatic carbocycles. The molecule has 1 amide bonds. The van der Waals surface area contributed by atoms with E-state index in [-0.39, 0.29) is 12.3 Å². The lowest BCUT2D eigenvalue weighted by atomic mass is 9.69. The van der Waals surface area contributed by atoms with Gasteiger partial charge >= 0.3 is 5.97 Å². The van der Waals surface area contributed by atoms with E-state index in [0.717, 1.165) is 65.4 Å². The minimum atomic E-state index is -0.983. The largest absolute Gasteiger partial charge is 0.481 e. The van der Waals surface area contributed by atoms with Crippen LogP contribution in [0.25, 0.3) is 0 Å². The van der Waals surface area contributed by atoms with Gasteiger partial charge in [0.25, 0.3) is 0 Å². The number of rotatable bonds is 10. The summed E-state index contributed by atoms with van der Waals surface area (Å²) in [5, 5.41) is 16.8. The number of aryl methyl sites for hydroxylation is 2. The van der Waals surface area contributed by atoms with E-state index in [1.165, 1.54) is 6.42 Å². The molecular formula is C27H36N2O4. The summed E-state index contributed by atoms with van der Waals surface area (Å²) in [4.78, 5) is 24.7. The van der Waals surface area contributed by atoms with Crippen molar-refractivity contribution < 1.29 is 19.2 Å². The summed E-state index contributed by atoms with van der Waals surface area (Å²) in [5.41, 5.74) is 4.73. The fourth-order valence-corrected chi connectivity index (χ4v) is 5.29. The van der Waals surface area contributed by atoms with Crippen LogP contribution in [-0.2, 0) is 16.0 Å². The highest BCUT2D eigenvalue weighted by atomic mass is 16.5. The molecule has 0 aliphatic heterocycles. The number of nitrogens with one attached hydrogen (secondary N) is 1. The van der Waals surface area contributed by atoms with Crippen LogP contribution in [0.1, 0.15) is 92.4 Å². The molecule has 2 aromatic rings. The molecule has 178 valence electrons. The van der Waals surface area contributed by atoms with Gasteiger partial charge in [0.1, 0.15) is 5.76 Å². The minimum Gasteiger partial charge on any atom is -0.481 e. The number of aromatic nitrogens is 1. The molecule has 1 atom stereocenters. The van der Waals surface area contributed by atoms with Crippen molar-refractivity contribution >= 4 is 17.6 Å². The van der Waals surface area contributed by atoms with Crippen LogP contribution in [0, 0.1) is 31.6 Å². The van der Waals surface area contributed by atoms with Gasteiger partial charge in [-0.1, -0.05) is 36.7 Å². The summed E-state index contributed by atoms with van der Waals surface area (Å²) in [6.07, 6.45) is 5.80. The van der Waals surface area contributed by atoms with E-state index in [1.807, 2.05) is 32.0 Å². The molecule has 0 radical (unpaired) electrons. The topological polar surface area (TPSA) is 92.4 Å². The molecule has 2 fully saturated rings. The zero-order valence-corrected chi connectivity index (χ0v) is 20.2. The second-order valence-electron chi connectivity index (χ2n) is 10.7. The number of carboxylic acid groups (broad SMARTS) is 1. The fourth-order valence-electron chi connectivity index (χ4n) is 5.29. The molecule has 0 bridgehead atoms. The Bertz CT molecular complexity index is 1020. The number of aliphatic carboxylic acids is 1. The van der Waals surface area contributed by atoms with Gasteiger partial charge in [-0.05, 0) is 75.3 Å². The van der Waals surface area contributed by atoms with Crippen molar-refractivity contribution in [3.63, 3.8) is 0 Å². The van der Waals surface area contributed by atoms with E-state index in [2.05, 4.69) is 24.3 Å². The molecule has 6 nitrogen and oxygen atoms in total. The van der Waals surface area contributed by atoms with Crippen molar-refractivity contribution in [3.8, 4) is 0 Å². The summed E-state index contributed by atoms with van der Waals surface area (Å²) < 4.78 is 5.86. The Morgan fingerprint density at radius 2 is 1.91 bits per heavy atom. The van der Waals surface area contributed by atoms with E-state index in [0.29, 0.717) is 24.2 Å². The number of carbonyl (C=O) groups is 2. The Labute approximate surface area is 196 Å². The number of carbonyl (C=O) groups excluding carboxylic acids is 1. The van der Waals surface area contributed by atoms with Crippen molar-refractivity contribution in [2.75, 3.05) is 5.32 Å². The summed E-state index contributed by atoms with van der Waals surface area (Å²) in [5.74, 6) is 1.34. The maximum absolute atomic E-state index is 13.1. The molecule has 2 N–H and O–H groups in total. The second-order valence-corrected chi connectivity index (χ2v) is 10.7. The van der Waals surface area contributed by atoms with Crippen molar-refractivity contribution in [3.05, 3.63) is 46.3 Å². The molecule has 2 aliphatic rings. The standard InChI is InChI=1S/C27H36N2O4/c1-15(2)9-18-11-20(12-18)26-25(19-6-7-19)23(29-33-26)13-21(14-24(30)31)27(32)28-22-8-5-16(3)10-17(22)4/h5,8,10,15,18-21H,6-7,9,11-14H2,1-4H3,(H,28,32)(H,30,31)/t18-,20+,21-/m1/s1. The quantitative estimate of drug-likeness (QED) is 0.462. The number of anilines is 1. The van der Waals surface area contributed by atoms with Crippen LogP contribution in [0.2, 0.25) is 0 Å². The maximum atomic E-state index is 13.1. The molecule has 2 saturated carbocycles. The van der Waals surface area contributed by atoms with Gasteiger partial charge in [-0.15, -0.1) is 0 Å². The van der Waals surface area contributed by atoms with Crippen LogP contribution in [0.3, 0.4) is 0 Å². The monoisotopic (exact) mass is 452 g/mol. The highest BCUT2D eigenvalue weighted by Crippen LogP contribution is 2.51. The zero-order chi connectivity index (χ0) is 23.7. The van der Waals surface area contributed by atoms with Gasteiger partial charge in [0.15, 0.2) is 0 Å². The van der Waals surface area contributed by atoms with Crippen molar-refractivity contribution in [2.24, 2.45) is 17.8 Å². The average molecular weight is 453 g/mol. The van der Waals surface area contributed by atoms with Crippen LogP contribution in [0.5, 0.6) is 0 Å². The molecule has 6 heteroatoms. The number of amides is 1. The molecule has 1 aromatic carbocycles. The Morgan fingerprint density at radius 1 is 1.18 bits per heavy atom. The molecule has 0 saturated heterocycles. The number of benzene rings is 1. The number of hydrogen-bond donors (Lipinski definition) is 2. The van der Waals surface area contributed by atoms with Crippen LogP contribution in [0.15, 0.2) is 22.7 Å². The summed E-state index contributed by atoms with van der Waals surface area (Å²) in [7, 11) is 0. The van der Waals surface area contributed by atoms with Crippen molar-refractivity contribution in [2.45, 2.75) is 84.5 Å². The van der Waals surface area contributed by atoms with E-state index in [9.17, 15) is 14.7 Å². The minimum absolute atomic E-state index is 0.233. The molecular weight excluding hydrogens is 416 g/mol. The van der Waals surface area contributed by atoms with E-state index >= 15 is 0 Å². The Hall–Kier alpha value is -2.63. The first-order chi connectivity index (χ1) is 15.7. The number of carboxylic acids is 1. The van der Waals surface area contributed by atoms with Crippen LogP contribution >= 0.6 is 0 Å². The SMILES string of the molecule is Cc1ccc(NC(=O)[C@@H](CC(=O)O)Cc2noc([C@H]3C[C@@H](CC(C)C)C3)c2C2CC2)c(C)c1. The van der Waals surface area contributed by atoms with E-state index < -0.39 is 11.9 Å². The molecule has 0 unspecified atom stereocenters. The number of hydrogen-bond acceptors (Lipinski definition) is 4.